The molecule has 0 aromatic heterocycles. The molecule has 0 radical (unpaired) electrons. The van der Waals surface area contributed by atoms with E-state index in [1.807, 2.05) is 19.1 Å². The molecule has 2 heterocycles. The van der Waals surface area contributed by atoms with E-state index >= 15 is 0 Å². The second kappa shape index (κ2) is 7.33. The average Bonchev–Trinajstić information content (AvgIpc) is 3.21. The van der Waals surface area contributed by atoms with Gasteiger partial charge >= 0.3 is 5.97 Å². The van der Waals surface area contributed by atoms with Crippen molar-refractivity contribution in [1.29, 1.82) is 0 Å². The van der Waals surface area contributed by atoms with E-state index in [1.54, 1.807) is 43.3 Å². The minimum Gasteiger partial charge on any atom is -0.461 e. The maximum Gasteiger partial charge on any atom is 0.355 e. The Hall–Kier alpha value is -3.19. The molecule has 2 aliphatic heterocycles. The van der Waals surface area contributed by atoms with E-state index < -0.39 is 29.7 Å². The van der Waals surface area contributed by atoms with Crippen LogP contribution >= 0.6 is 11.6 Å². The summed E-state index contributed by atoms with van der Waals surface area (Å²) in [6.45, 7) is 3.72. The SMILES string of the molecule is CCOC(=O)C1=NN(c2ccc(Cl)cc2)[C@@H]2C(=O)N(c3ccc(C)cc3)C(=O)[C@H]12. The minimum absolute atomic E-state index is 0.0697. The van der Waals surface area contributed by atoms with Crippen molar-refractivity contribution in [1.82, 2.24) is 0 Å². The molecule has 2 aliphatic rings. The number of hydrogen-bond donors (Lipinski definition) is 0. The quantitative estimate of drug-likeness (QED) is 0.571. The van der Waals surface area contributed by atoms with Crippen LogP contribution in [-0.2, 0) is 19.1 Å². The van der Waals surface area contributed by atoms with Crippen LogP contribution in [0.2, 0.25) is 5.02 Å². The molecular formula is C21H18ClN3O4. The lowest BCUT2D eigenvalue weighted by molar-refractivity contribution is -0.136. The van der Waals surface area contributed by atoms with Crippen molar-refractivity contribution < 1.29 is 19.1 Å². The van der Waals surface area contributed by atoms with E-state index in [4.69, 9.17) is 16.3 Å². The molecule has 7 nitrogen and oxygen atoms in total. The number of carbonyl (C=O) groups excluding carboxylic acids is 3. The second-order valence-corrected chi connectivity index (χ2v) is 7.23. The molecule has 2 atom stereocenters. The number of amides is 2. The average molecular weight is 412 g/mol. The normalized spacial score (nSPS) is 20.7. The zero-order valence-electron chi connectivity index (χ0n) is 15.8. The van der Waals surface area contributed by atoms with E-state index in [1.165, 1.54) is 5.01 Å². The first kappa shape index (κ1) is 19.1. The van der Waals surface area contributed by atoms with Gasteiger partial charge in [0.15, 0.2) is 5.71 Å². The number of imide groups is 1. The van der Waals surface area contributed by atoms with Gasteiger partial charge < -0.3 is 4.74 Å². The van der Waals surface area contributed by atoms with Crippen LogP contribution in [0.15, 0.2) is 53.6 Å². The van der Waals surface area contributed by atoms with Crippen molar-refractivity contribution in [3.05, 3.63) is 59.1 Å². The van der Waals surface area contributed by atoms with Crippen LogP contribution in [0.5, 0.6) is 0 Å². The zero-order chi connectivity index (χ0) is 20.7. The zero-order valence-corrected chi connectivity index (χ0v) is 16.6. The molecule has 29 heavy (non-hydrogen) atoms. The summed E-state index contributed by atoms with van der Waals surface area (Å²) in [6, 6.07) is 12.8. The number of fused-ring (bicyclic) bond motifs is 1. The van der Waals surface area contributed by atoms with Gasteiger partial charge in [-0.1, -0.05) is 29.3 Å². The maximum absolute atomic E-state index is 13.3. The molecule has 4 rings (SSSR count). The maximum atomic E-state index is 13.3. The lowest BCUT2D eigenvalue weighted by Gasteiger charge is -2.22. The Morgan fingerprint density at radius 2 is 1.66 bits per heavy atom. The number of nitrogens with zero attached hydrogens (tertiary/aromatic N) is 3. The summed E-state index contributed by atoms with van der Waals surface area (Å²) in [4.78, 5) is 40.1. The van der Waals surface area contributed by atoms with E-state index in [0.29, 0.717) is 16.4 Å². The number of ether oxygens (including phenoxy) is 1. The summed E-state index contributed by atoms with van der Waals surface area (Å²) in [5, 5.41) is 6.22. The number of esters is 1. The van der Waals surface area contributed by atoms with Gasteiger partial charge in [0.05, 0.1) is 18.0 Å². The number of benzene rings is 2. The molecule has 0 unspecified atom stereocenters. The highest BCUT2D eigenvalue weighted by atomic mass is 35.5. The summed E-state index contributed by atoms with van der Waals surface area (Å²) in [6.07, 6.45) is 0. The Balaban J connectivity index is 1.78. The predicted octanol–water partition coefficient (Wildman–Crippen LogP) is 2.95. The van der Waals surface area contributed by atoms with Gasteiger partial charge in [-0.3, -0.25) is 14.6 Å². The largest absolute Gasteiger partial charge is 0.461 e. The Morgan fingerprint density at radius 3 is 2.28 bits per heavy atom. The van der Waals surface area contributed by atoms with Crippen LogP contribution in [0.1, 0.15) is 12.5 Å². The third-order valence-corrected chi connectivity index (χ3v) is 5.17. The van der Waals surface area contributed by atoms with E-state index in [2.05, 4.69) is 5.10 Å². The van der Waals surface area contributed by atoms with Gasteiger partial charge in [-0.05, 0) is 50.2 Å². The second-order valence-electron chi connectivity index (χ2n) is 6.80. The molecule has 0 bridgehead atoms. The van der Waals surface area contributed by atoms with Crippen molar-refractivity contribution in [2.75, 3.05) is 16.5 Å². The molecule has 2 amide bonds. The molecule has 2 aromatic carbocycles. The smallest absolute Gasteiger partial charge is 0.355 e. The van der Waals surface area contributed by atoms with Crippen LogP contribution in [0.25, 0.3) is 0 Å². The molecule has 0 aliphatic carbocycles. The molecule has 148 valence electrons. The van der Waals surface area contributed by atoms with Crippen LogP contribution in [0.3, 0.4) is 0 Å². The fourth-order valence-electron chi connectivity index (χ4n) is 3.54. The van der Waals surface area contributed by atoms with Crippen LogP contribution in [0.4, 0.5) is 11.4 Å². The predicted molar refractivity (Wildman–Crippen MR) is 109 cm³/mol. The number of hydrogen-bond acceptors (Lipinski definition) is 6. The molecule has 0 saturated carbocycles. The number of halogens is 1. The van der Waals surface area contributed by atoms with E-state index in [9.17, 15) is 14.4 Å². The van der Waals surface area contributed by atoms with E-state index in [-0.39, 0.29) is 12.3 Å². The lowest BCUT2D eigenvalue weighted by Crippen LogP contribution is -2.39. The van der Waals surface area contributed by atoms with Crippen molar-refractivity contribution in [3.8, 4) is 0 Å². The number of hydrazone groups is 1. The molecule has 1 fully saturated rings. The molecular weight excluding hydrogens is 394 g/mol. The Labute approximate surface area is 172 Å². The minimum atomic E-state index is -1.03. The molecule has 1 saturated heterocycles. The van der Waals surface area contributed by atoms with Crippen LogP contribution < -0.4 is 9.91 Å². The highest BCUT2D eigenvalue weighted by Gasteiger charge is 2.59. The first-order chi connectivity index (χ1) is 13.9. The van der Waals surface area contributed by atoms with Gasteiger partial charge in [0.1, 0.15) is 12.0 Å². The van der Waals surface area contributed by atoms with E-state index in [0.717, 1.165) is 10.5 Å². The van der Waals surface area contributed by atoms with Crippen molar-refractivity contribution in [2.24, 2.45) is 11.0 Å². The molecule has 0 N–H and O–H groups in total. The highest BCUT2D eigenvalue weighted by molar-refractivity contribution is 6.47. The summed E-state index contributed by atoms with van der Waals surface area (Å²) >= 11 is 5.96. The number of aryl methyl sites for hydroxylation is 1. The number of rotatable bonds is 4. The van der Waals surface area contributed by atoms with Gasteiger partial charge in [0.25, 0.3) is 5.91 Å². The summed E-state index contributed by atoms with van der Waals surface area (Å²) in [5.74, 6) is -2.67. The lowest BCUT2D eigenvalue weighted by atomic mass is 9.98. The Kier molecular flexibility index (Phi) is 4.84. The monoisotopic (exact) mass is 411 g/mol. The van der Waals surface area contributed by atoms with Gasteiger partial charge in [-0.2, -0.15) is 5.10 Å². The third-order valence-electron chi connectivity index (χ3n) is 4.92. The van der Waals surface area contributed by atoms with Gasteiger partial charge in [-0.15, -0.1) is 0 Å². The molecule has 0 spiro atoms. The van der Waals surface area contributed by atoms with Gasteiger partial charge in [-0.25, -0.2) is 9.69 Å². The standard InChI is InChI=1S/C21H18ClN3O4/c1-3-29-21(28)17-16-18(25(23-17)15-10-6-13(22)7-11-15)20(27)24(19(16)26)14-8-4-12(2)5-9-14/h4-11,16,18H,3H2,1-2H3/t16-,18+/m1/s1. The van der Waals surface area contributed by atoms with Crippen LogP contribution in [0, 0.1) is 12.8 Å². The Morgan fingerprint density at radius 1 is 1.03 bits per heavy atom. The fourth-order valence-corrected chi connectivity index (χ4v) is 3.67. The van der Waals surface area contributed by atoms with Crippen molar-refractivity contribution in [2.45, 2.75) is 19.9 Å². The van der Waals surface area contributed by atoms with Gasteiger partial charge in [0.2, 0.25) is 5.91 Å². The summed E-state index contributed by atoms with van der Waals surface area (Å²) in [7, 11) is 0. The number of anilines is 2. The number of carbonyl (C=O) groups is 3. The van der Waals surface area contributed by atoms with Crippen LogP contribution in [-0.4, -0.2) is 36.1 Å². The molecule has 8 heteroatoms. The topological polar surface area (TPSA) is 79.3 Å². The highest BCUT2D eigenvalue weighted by Crippen LogP contribution is 2.38. The first-order valence-corrected chi connectivity index (χ1v) is 9.55. The first-order valence-electron chi connectivity index (χ1n) is 9.17. The summed E-state index contributed by atoms with van der Waals surface area (Å²) < 4.78 is 5.08. The van der Waals surface area contributed by atoms with Crippen molar-refractivity contribution >= 4 is 46.5 Å². The third kappa shape index (κ3) is 3.17. The molecule has 2 aromatic rings. The summed E-state index contributed by atoms with van der Waals surface area (Å²) in [5.41, 5.74) is 1.94. The van der Waals surface area contributed by atoms with Crippen molar-refractivity contribution in [3.63, 3.8) is 0 Å². The Bertz CT molecular complexity index is 1020. The fraction of sp³-hybridized carbons (Fsp3) is 0.238. The van der Waals surface area contributed by atoms with Gasteiger partial charge in [0, 0.05) is 5.02 Å².